The summed E-state index contributed by atoms with van der Waals surface area (Å²) < 4.78 is 49.8. The predicted octanol–water partition coefficient (Wildman–Crippen LogP) is 0.853. The monoisotopic (exact) mass is 854 g/mol. The first kappa shape index (κ1) is 44.3. The van der Waals surface area contributed by atoms with Gasteiger partial charge in [0.1, 0.15) is 61.0 Å². The topological polar surface area (TPSA) is 236 Å². The zero-order valence-corrected chi connectivity index (χ0v) is 35.6. The van der Waals surface area contributed by atoms with Crippen LogP contribution in [0.2, 0.25) is 0 Å². The molecule has 4 aliphatic carbocycles. The molecule has 342 valence electrons. The van der Waals surface area contributed by atoms with Crippen LogP contribution in [0, 0.1) is 46.3 Å². The molecule has 3 saturated carbocycles. The average Bonchev–Trinajstić information content (AvgIpc) is 3.68. The molecule has 8 fully saturated rings. The van der Waals surface area contributed by atoms with E-state index in [1.54, 1.807) is 0 Å². The van der Waals surface area contributed by atoms with Crippen molar-refractivity contribution in [3.8, 4) is 0 Å². The molecule has 0 unspecified atom stereocenters. The largest absolute Gasteiger partial charge is 0.394 e. The van der Waals surface area contributed by atoms with Crippen LogP contribution in [0.5, 0.6) is 0 Å². The summed E-state index contributed by atoms with van der Waals surface area (Å²) in [7, 11) is 0. The molecule has 0 aromatic heterocycles. The molecule has 5 saturated heterocycles. The Kier molecular flexibility index (Phi) is 12.2. The zero-order chi connectivity index (χ0) is 42.6. The lowest BCUT2D eigenvalue weighted by molar-refractivity contribution is -0.385. The van der Waals surface area contributed by atoms with E-state index >= 15 is 0 Å². The molecule has 5 aliphatic heterocycles. The number of aliphatic hydroxyl groups excluding tert-OH is 8. The van der Waals surface area contributed by atoms with E-state index in [9.17, 15) is 40.9 Å². The first-order valence-electron chi connectivity index (χ1n) is 22.8. The standard InChI is InChI=1S/C44H70O16/c1-19-8-13-44(54-17-19)20(2)30-28(60-44)15-26-24-7-6-22-14-23(9-11-42(22,4)25(24)10-12-43(26,30)5)56-41-38(59-40-35(51)33(49)31(47)21(3)55-40)36(52)37(29(16-45)57-41)58-39-34(50)32(48)27(46)18-53-39/h6,19-21,23-41,45-52H,7-18H2,1-5H3/t19-,20+,21+,23+,24+,25+,26+,27+,28+,29-,30+,31+,32+,33-,34-,35-,36+,37-,38-,39+,40+,41-,42+,43+,44-/m1/s1. The van der Waals surface area contributed by atoms with Crippen LogP contribution < -0.4 is 0 Å². The van der Waals surface area contributed by atoms with Gasteiger partial charge in [-0.05, 0) is 98.7 Å². The molecule has 9 rings (SSSR count). The number of hydrogen-bond donors (Lipinski definition) is 8. The van der Waals surface area contributed by atoms with Gasteiger partial charge in [-0.1, -0.05) is 39.3 Å². The number of hydrogen-bond acceptors (Lipinski definition) is 16. The molecule has 9 aliphatic rings. The van der Waals surface area contributed by atoms with E-state index in [-0.39, 0.29) is 29.6 Å². The predicted molar refractivity (Wildman–Crippen MR) is 208 cm³/mol. The van der Waals surface area contributed by atoms with Crippen molar-refractivity contribution in [1.29, 1.82) is 0 Å². The van der Waals surface area contributed by atoms with Crippen molar-refractivity contribution in [2.45, 2.75) is 196 Å². The fraction of sp³-hybridized carbons (Fsp3) is 0.955. The van der Waals surface area contributed by atoms with Gasteiger partial charge < -0.3 is 78.7 Å². The summed E-state index contributed by atoms with van der Waals surface area (Å²) in [6.45, 7) is 10.9. The minimum atomic E-state index is -1.70. The first-order valence-corrected chi connectivity index (χ1v) is 22.8. The van der Waals surface area contributed by atoms with Crippen molar-refractivity contribution in [3.63, 3.8) is 0 Å². The Morgan fingerprint density at radius 3 is 2.22 bits per heavy atom. The smallest absolute Gasteiger partial charge is 0.187 e. The molecule has 8 N–H and O–H groups in total. The zero-order valence-electron chi connectivity index (χ0n) is 35.6. The molecule has 60 heavy (non-hydrogen) atoms. The maximum atomic E-state index is 11.9. The minimum Gasteiger partial charge on any atom is -0.394 e. The second kappa shape index (κ2) is 16.5. The third-order valence-corrected chi connectivity index (χ3v) is 17.3. The van der Waals surface area contributed by atoms with E-state index in [2.05, 4.69) is 33.8 Å². The molecule has 1 spiro atoms. The molecule has 25 atom stereocenters. The van der Waals surface area contributed by atoms with Crippen LogP contribution in [0.25, 0.3) is 0 Å². The van der Waals surface area contributed by atoms with Gasteiger partial charge in [0.2, 0.25) is 0 Å². The van der Waals surface area contributed by atoms with Crippen molar-refractivity contribution in [1.82, 2.24) is 0 Å². The second-order valence-corrected chi connectivity index (χ2v) is 20.6. The summed E-state index contributed by atoms with van der Waals surface area (Å²) in [5.74, 6) is 2.65. The van der Waals surface area contributed by atoms with E-state index in [0.29, 0.717) is 48.3 Å². The van der Waals surface area contributed by atoms with Crippen molar-refractivity contribution >= 4 is 0 Å². The van der Waals surface area contributed by atoms with E-state index in [4.69, 9.17) is 37.9 Å². The Morgan fingerprint density at radius 2 is 1.48 bits per heavy atom. The van der Waals surface area contributed by atoms with Gasteiger partial charge in [0.05, 0.1) is 38.1 Å². The highest BCUT2D eigenvalue weighted by atomic mass is 16.8. The molecule has 0 bridgehead atoms. The van der Waals surface area contributed by atoms with Gasteiger partial charge in [-0.3, -0.25) is 0 Å². The van der Waals surface area contributed by atoms with Gasteiger partial charge in [0.25, 0.3) is 0 Å². The maximum Gasteiger partial charge on any atom is 0.187 e. The molecular weight excluding hydrogens is 784 g/mol. The highest BCUT2D eigenvalue weighted by Gasteiger charge is 2.69. The van der Waals surface area contributed by atoms with Gasteiger partial charge in [0, 0.05) is 12.3 Å². The van der Waals surface area contributed by atoms with E-state index < -0.39 is 98.4 Å². The number of ether oxygens (including phenoxy) is 8. The SMILES string of the molecule is C[C@@H]1CC[C@@]2(OC1)O[C@H]1C[C@H]3[C@H]4CC=C5C[C@@H](O[C@@H]6O[C@H](CO)[C@@H](O[C@@H]7OC[C@H](O)[C@H](O)[C@H]7O)[C@H](O)[C@H]6O[C@@H]6O[C@@H](C)[C@H](O)[C@@H](O)[C@H]6O)CC[C@]5(C)[C@H]4CC[C@]3(C)[C@H]1[C@@H]2C. The van der Waals surface area contributed by atoms with Gasteiger partial charge in [-0.25, -0.2) is 0 Å². The summed E-state index contributed by atoms with van der Waals surface area (Å²) in [6.07, 6.45) is -9.25. The number of fused-ring (bicyclic) bond motifs is 7. The average molecular weight is 855 g/mol. The van der Waals surface area contributed by atoms with Crippen LogP contribution in [0.3, 0.4) is 0 Å². The molecule has 16 nitrogen and oxygen atoms in total. The quantitative estimate of drug-likeness (QED) is 0.166. The molecule has 0 aromatic carbocycles. The molecular formula is C44H70O16. The molecule has 0 radical (unpaired) electrons. The number of aliphatic hydroxyl groups is 8. The lowest BCUT2D eigenvalue weighted by Crippen LogP contribution is -2.66. The van der Waals surface area contributed by atoms with E-state index in [1.807, 2.05) is 0 Å². The van der Waals surface area contributed by atoms with Gasteiger partial charge in [-0.2, -0.15) is 0 Å². The number of allylic oxidation sites excluding steroid dienone is 1. The van der Waals surface area contributed by atoms with Crippen molar-refractivity contribution < 1.29 is 78.7 Å². The van der Waals surface area contributed by atoms with Crippen LogP contribution in [-0.2, 0) is 37.9 Å². The fourth-order valence-corrected chi connectivity index (χ4v) is 13.7. The lowest BCUT2D eigenvalue weighted by Gasteiger charge is -2.58. The van der Waals surface area contributed by atoms with E-state index in [0.717, 1.165) is 45.1 Å². The van der Waals surface area contributed by atoms with Crippen molar-refractivity contribution in [2.24, 2.45) is 46.3 Å². The number of rotatable bonds is 7. The third kappa shape index (κ3) is 7.19. The summed E-state index contributed by atoms with van der Waals surface area (Å²) in [4.78, 5) is 0. The molecule has 0 amide bonds. The highest BCUT2D eigenvalue weighted by molar-refractivity contribution is 5.26. The minimum absolute atomic E-state index is 0.0142. The highest BCUT2D eigenvalue weighted by Crippen LogP contribution is 2.70. The molecule has 0 aromatic rings. The Bertz CT molecular complexity index is 1560. The Balaban J connectivity index is 0.913. The molecule has 5 heterocycles. The van der Waals surface area contributed by atoms with Crippen molar-refractivity contribution in [3.05, 3.63) is 11.6 Å². The summed E-state index contributed by atoms with van der Waals surface area (Å²) >= 11 is 0. The van der Waals surface area contributed by atoms with Crippen LogP contribution in [-0.4, -0.2) is 165 Å². The van der Waals surface area contributed by atoms with E-state index in [1.165, 1.54) is 18.9 Å². The third-order valence-electron chi connectivity index (χ3n) is 17.3. The first-order chi connectivity index (χ1) is 28.5. The van der Waals surface area contributed by atoms with Gasteiger partial charge in [0.15, 0.2) is 24.7 Å². The second-order valence-electron chi connectivity index (χ2n) is 20.6. The Labute approximate surface area is 352 Å². The summed E-state index contributed by atoms with van der Waals surface area (Å²) in [5, 5.41) is 85.1. The van der Waals surface area contributed by atoms with Gasteiger partial charge in [-0.15, -0.1) is 0 Å². The molecule has 16 heteroatoms. The van der Waals surface area contributed by atoms with Gasteiger partial charge >= 0.3 is 0 Å². The summed E-state index contributed by atoms with van der Waals surface area (Å²) in [5.41, 5.74) is 1.54. The Morgan fingerprint density at radius 1 is 0.733 bits per heavy atom. The maximum absolute atomic E-state index is 11.9. The normalized spacial score (nSPS) is 57.9. The van der Waals surface area contributed by atoms with Crippen LogP contribution in [0.15, 0.2) is 11.6 Å². The fourth-order valence-electron chi connectivity index (χ4n) is 13.7. The van der Waals surface area contributed by atoms with Crippen molar-refractivity contribution in [2.75, 3.05) is 19.8 Å². The van der Waals surface area contributed by atoms with Crippen LogP contribution in [0.4, 0.5) is 0 Å². The Hall–Kier alpha value is -0.900. The summed E-state index contributed by atoms with van der Waals surface area (Å²) in [6, 6.07) is 0. The lowest BCUT2D eigenvalue weighted by atomic mass is 9.47. The van der Waals surface area contributed by atoms with Crippen LogP contribution in [0.1, 0.15) is 92.4 Å². The van der Waals surface area contributed by atoms with Crippen LogP contribution >= 0.6 is 0 Å².